The smallest absolute Gasteiger partial charge is 0.329 e. The molecule has 2 rings (SSSR count). The Kier molecular flexibility index (Phi) is 3.65. The number of urea groups is 1. The SMILES string of the molecule is Cc1cccc(F)c1NC(=O)N1CCCC1(C)C(=O)O. The van der Waals surface area contributed by atoms with Crippen LogP contribution in [0.5, 0.6) is 0 Å². The molecule has 1 aliphatic heterocycles. The van der Waals surface area contributed by atoms with Crippen LogP contribution < -0.4 is 5.32 Å². The van der Waals surface area contributed by atoms with Crippen LogP contribution in [0.3, 0.4) is 0 Å². The van der Waals surface area contributed by atoms with Gasteiger partial charge in [0.2, 0.25) is 0 Å². The maximum absolute atomic E-state index is 13.7. The lowest BCUT2D eigenvalue weighted by Gasteiger charge is -2.31. The number of anilines is 1. The number of carbonyl (C=O) groups excluding carboxylic acids is 1. The Morgan fingerprint density at radius 3 is 2.75 bits per heavy atom. The molecular formula is C14H17FN2O3. The van der Waals surface area contributed by atoms with E-state index in [2.05, 4.69) is 5.32 Å². The Morgan fingerprint density at radius 2 is 2.15 bits per heavy atom. The summed E-state index contributed by atoms with van der Waals surface area (Å²) >= 11 is 0. The molecule has 2 N–H and O–H groups in total. The first-order valence-corrected chi connectivity index (χ1v) is 6.43. The van der Waals surface area contributed by atoms with E-state index >= 15 is 0 Å². The van der Waals surface area contributed by atoms with Crippen molar-refractivity contribution in [1.82, 2.24) is 4.90 Å². The molecular weight excluding hydrogens is 263 g/mol. The molecule has 0 aliphatic carbocycles. The van der Waals surface area contributed by atoms with Gasteiger partial charge in [-0.3, -0.25) is 0 Å². The minimum atomic E-state index is -1.23. The molecule has 108 valence electrons. The summed E-state index contributed by atoms with van der Waals surface area (Å²) < 4.78 is 13.7. The molecule has 0 saturated carbocycles. The number of rotatable bonds is 2. The van der Waals surface area contributed by atoms with Crippen molar-refractivity contribution in [2.45, 2.75) is 32.2 Å². The lowest BCUT2D eigenvalue weighted by atomic mass is 10.00. The fourth-order valence-electron chi connectivity index (χ4n) is 2.48. The van der Waals surface area contributed by atoms with Gasteiger partial charge in [0.15, 0.2) is 0 Å². The van der Waals surface area contributed by atoms with Gasteiger partial charge in [-0.2, -0.15) is 0 Å². The number of aliphatic carboxylic acids is 1. The van der Waals surface area contributed by atoms with Crippen molar-refractivity contribution in [3.63, 3.8) is 0 Å². The second-order valence-electron chi connectivity index (χ2n) is 5.20. The number of benzene rings is 1. The number of carboxylic acid groups (broad SMARTS) is 1. The normalized spacial score (nSPS) is 21.9. The van der Waals surface area contributed by atoms with Crippen LogP contribution in [0.2, 0.25) is 0 Å². The molecule has 1 fully saturated rings. The number of likely N-dealkylation sites (tertiary alicyclic amines) is 1. The number of aryl methyl sites for hydroxylation is 1. The summed E-state index contributed by atoms with van der Waals surface area (Å²) in [7, 11) is 0. The number of nitrogens with one attached hydrogen (secondary N) is 1. The summed E-state index contributed by atoms with van der Waals surface area (Å²) in [5.74, 6) is -1.58. The number of amides is 2. The summed E-state index contributed by atoms with van der Waals surface area (Å²) in [4.78, 5) is 24.8. The topological polar surface area (TPSA) is 69.6 Å². The predicted molar refractivity (Wildman–Crippen MR) is 72.1 cm³/mol. The highest BCUT2D eigenvalue weighted by atomic mass is 19.1. The monoisotopic (exact) mass is 280 g/mol. The third kappa shape index (κ3) is 2.33. The highest BCUT2D eigenvalue weighted by Crippen LogP contribution is 2.30. The minimum Gasteiger partial charge on any atom is -0.480 e. The van der Waals surface area contributed by atoms with Crippen LogP contribution in [0.4, 0.5) is 14.9 Å². The average Bonchev–Trinajstić information content (AvgIpc) is 2.77. The highest BCUT2D eigenvalue weighted by Gasteiger charge is 2.46. The number of hydrogen-bond acceptors (Lipinski definition) is 2. The first-order chi connectivity index (χ1) is 9.36. The third-order valence-corrected chi connectivity index (χ3v) is 3.80. The molecule has 5 nitrogen and oxygen atoms in total. The highest BCUT2D eigenvalue weighted by molar-refractivity contribution is 5.94. The molecule has 1 aromatic carbocycles. The van der Waals surface area contributed by atoms with Crippen LogP contribution in [-0.4, -0.2) is 34.1 Å². The van der Waals surface area contributed by atoms with E-state index in [0.29, 0.717) is 24.9 Å². The van der Waals surface area contributed by atoms with E-state index in [1.807, 2.05) is 0 Å². The zero-order chi connectivity index (χ0) is 14.9. The Balaban J connectivity index is 2.23. The Labute approximate surface area is 116 Å². The fraction of sp³-hybridized carbons (Fsp3) is 0.429. The van der Waals surface area contributed by atoms with Crippen LogP contribution in [0.1, 0.15) is 25.3 Å². The molecule has 6 heteroatoms. The summed E-state index contributed by atoms with van der Waals surface area (Å²) in [5, 5.41) is 11.8. The molecule has 1 heterocycles. The number of para-hydroxylation sites is 1. The molecule has 0 spiro atoms. The van der Waals surface area contributed by atoms with Crippen molar-refractivity contribution in [3.8, 4) is 0 Å². The summed E-state index contributed by atoms with van der Waals surface area (Å²) in [6.07, 6.45) is 1.01. The van der Waals surface area contributed by atoms with Gasteiger partial charge in [-0.15, -0.1) is 0 Å². The summed E-state index contributed by atoms with van der Waals surface area (Å²) in [6.45, 7) is 3.54. The molecule has 1 saturated heterocycles. The number of hydrogen-bond donors (Lipinski definition) is 2. The van der Waals surface area contributed by atoms with Crippen molar-refractivity contribution in [2.24, 2.45) is 0 Å². The van der Waals surface area contributed by atoms with Crippen molar-refractivity contribution in [1.29, 1.82) is 0 Å². The van der Waals surface area contributed by atoms with Crippen molar-refractivity contribution in [2.75, 3.05) is 11.9 Å². The lowest BCUT2D eigenvalue weighted by Crippen LogP contribution is -2.52. The third-order valence-electron chi connectivity index (χ3n) is 3.80. The standard InChI is InChI=1S/C14H17FN2O3/c1-9-5-3-6-10(15)11(9)16-13(20)17-8-4-7-14(17,2)12(18)19/h3,5-6H,4,7-8H2,1-2H3,(H,16,20)(H,18,19). The zero-order valence-corrected chi connectivity index (χ0v) is 11.4. The maximum Gasteiger partial charge on any atom is 0.329 e. The van der Waals surface area contributed by atoms with Gasteiger partial charge in [0, 0.05) is 6.54 Å². The molecule has 1 aromatic rings. The van der Waals surface area contributed by atoms with Crippen LogP contribution in [0.15, 0.2) is 18.2 Å². The maximum atomic E-state index is 13.7. The second kappa shape index (κ2) is 5.11. The van der Waals surface area contributed by atoms with E-state index in [1.165, 1.54) is 17.9 Å². The van der Waals surface area contributed by atoms with E-state index in [-0.39, 0.29) is 5.69 Å². The lowest BCUT2D eigenvalue weighted by molar-refractivity contribution is -0.146. The first-order valence-electron chi connectivity index (χ1n) is 6.43. The van der Waals surface area contributed by atoms with Crippen LogP contribution in [0.25, 0.3) is 0 Å². The number of nitrogens with zero attached hydrogens (tertiary/aromatic N) is 1. The number of halogens is 1. The van der Waals surface area contributed by atoms with E-state index in [4.69, 9.17) is 0 Å². The van der Waals surface area contributed by atoms with Gasteiger partial charge in [-0.25, -0.2) is 14.0 Å². The Hall–Kier alpha value is -2.11. The van der Waals surface area contributed by atoms with Crippen molar-refractivity contribution >= 4 is 17.7 Å². The molecule has 1 atom stereocenters. The molecule has 2 amide bonds. The second-order valence-corrected chi connectivity index (χ2v) is 5.20. The molecule has 0 radical (unpaired) electrons. The molecule has 1 aliphatic rings. The van der Waals surface area contributed by atoms with E-state index in [0.717, 1.165) is 0 Å². The zero-order valence-electron chi connectivity index (χ0n) is 11.4. The minimum absolute atomic E-state index is 0.0946. The van der Waals surface area contributed by atoms with E-state index in [9.17, 15) is 19.1 Å². The summed E-state index contributed by atoms with van der Waals surface area (Å²) in [5.41, 5.74) is -0.546. The quantitative estimate of drug-likeness (QED) is 0.874. The molecule has 0 aromatic heterocycles. The van der Waals surface area contributed by atoms with Crippen LogP contribution >= 0.6 is 0 Å². The van der Waals surface area contributed by atoms with Gasteiger partial charge in [-0.05, 0) is 38.3 Å². The van der Waals surface area contributed by atoms with Gasteiger partial charge in [0.1, 0.15) is 11.4 Å². The number of carbonyl (C=O) groups is 2. The Bertz CT molecular complexity index is 541. The van der Waals surface area contributed by atoms with Crippen LogP contribution in [-0.2, 0) is 4.79 Å². The molecule has 1 unspecified atom stereocenters. The Morgan fingerprint density at radius 1 is 1.45 bits per heavy atom. The molecule has 0 bridgehead atoms. The van der Waals surface area contributed by atoms with Gasteiger partial charge in [0.05, 0.1) is 5.69 Å². The average molecular weight is 280 g/mol. The van der Waals surface area contributed by atoms with Gasteiger partial charge >= 0.3 is 12.0 Å². The fourth-order valence-corrected chi connectivity index (χ4v) is 2.48. The van der Waals surface area contributed by atoms with Gasteiger partial charge < -0.3 is 15.3 Å². The predicted octanol–water partition coefficient (Wildman–Crippen LogP) is 2.61. The van der Waals surface area contributed by atoms with E-state index in [1.54, 1.807) is 19.1 Å². The van der Waals surface area contributed by atoms with E-state index < -0.39 is 23.4 Å². The molecule has 20 heavy (non-hydrogen) atoms. The van der Waals surface area contributed by atoms with Crippen LogP contribution in [0, 0.1) is 12.7 Å². The van der Waals surface area contributed by atoms with Gasteiger partial charge in [-0.1, -0.05) is 12.1 Å². The van der Waals surface area contributed by atoms with Crippen molar-refractivity contribution < 1.29 is 19.1 Å². The van der Waals surface area contributed by atoms with Crippen molar-refractivity contribution in [3.05, 3.63) is 29.6 Å². The summed E-state index contributed by atoms with van der Waals surface area (Å²) in [6, 6.07) is 3.90. The first kappa shape index (κ1) is 14.3. The number of carboxylic acids is 1. The largest absolute Gasteiger partial charge is 0.480 e. The van der Waals surface area contributed by atoms with Gasteiger partial charge in [0.25, 0.3) is 0 Å².